The van der Waals surface area contributed by atoms with Gasteiger partial charge in [0.25, 0.3) is 17.2 Å². The van der Waals surface area contributed by atoms with E-state index in [1.165, 1.54) is 29.8 Å². The number of amides is 1. The number of nitro groups is 1. The fraction of sp³-hybridized carbons (Fsp3) is 0.312. The summed E-state index contributed by atoms with van der Waals surface area (Å²) in [5, 5.41) is 10.9. The number of nitro benzene ring substituents is 1. The first-order chi connectivity index (χ1) is 12.3. The molecule has 0 aliphatic carbocycles. The van der Waals surface area contributed by atoms with Crippen molar-refractivity contribution in [3.63, 3.8) is 0 Å². The summed E-state index contributed by atoms with van der Waals surface area (Å²) in [7, 11) is 1.32. The fourth-order valence-electron chi connectivity index (χ4n) is 2.49. The molecule has 0 saturated carbocycles. The van der Waals surface area contributed by atoms with Gasteiger partial charge in [0, 0.05) is 31.3 Å². The van der Waals surface area contributed by atoms with Crippen LogP contribution in [0, 0.1) is 10.1 Å². The van der Waals surface area contributed by atoms with Crippen LogP contribution in [0.4, 0.5) is 17.2 Å². The van der Waals surface area contributed by atoms with E-state index in [0.29, 0.717) is 13.0 Å². The van der Waals surface area contributed by atoms with Gasteiger partial charge in [-0.15, -0.1) is 0 Å². The zero-order valence-corrected chi connectivity index (χ0v) is 14.4. The monoisotopic (exact) mass is 361 g/mol. The molecule has 26 heavy (non-hydrogen) atoms. The van der Waals surface area contributed by atoms with Gasteiger partial charge in [-0.1, -0.05) is 19.4 Å². The zero-order chi connectivity index (χ0) is 19.4. The Morgan fingerprint density at radius 2 is 2.08 bits per heavy atom. The highest BCUT2D eigenvalue weighted by molar-refractivity contribution is 6.07. The van der Waals surface area contributed by atoms with E-state index in [1.807, 2.05) is 6.92 Å². The van der Waals surface area contributed by atoms with Crippen molar-refractivity contribution in [1.29, 1.82) is 0 Å². The number of hydrogen-bond donors (Lipinski definition) is 2. The number of nitrogens with zero attached hydrogens (tertiary/aromatic N) is 3. The normalized spacial score (nSPS) is 10.5. The second-order valence-corrected chi connectivity index (χ2v) is 5.67. The lowest BCUT2D eigenvalue weighted by molar-refractivity contribution is -0.384. The van der Waals surface area contributed by atoms with E-state index in [-0.39, 0.29) is 22.8 Å². The number of aromatic nitrogens is 2. The molecule has 0 fully saturated rings. The van der Waals surface area contributed by atoms with E-state index in [9.17, 15) is 24.5 Å². The smallest absolute Gasteiger partial charge is 0.330 e. The molecule has 0 radical (unpaired) electrons. The molecule has 0 unspecified atom stereocenters. The summed E-state index contributed by atoms with van der Waals surface area (Å²) >= 11 is 0. The number of anilines is 2. The van der Waals surface area contributed by atoms with Crippen LogP contribution in [0.2, 0.25) is 0 Å². The minimum absolute atomic E-state index is 0.0202. The number of H-pyrrole nitrogens is 1. The number of carbonyl (C=O) groups excluding carboxylic acids is 1. The Morgan fingerprint density at radius 1 is 1.38 bits per heavy atom. The van der Waals surface area contributed by atoms with Gasteiger partial charge in [0.1, 0.15) is 5.82 Å². The quantitative estimate of drug-likeness (QED) is 0.582. The molecule has 0 atom stereocenters. The molecular formula is C16H19N5O5. The van der Waals surface area contributed by atoms with Crippen LogP contribution in [0.1, 0.15) is 30.1 Å². The van der Waals surface area contributed by atoms with E-state index >= 15 is 0 Å². The second-order valence-electron chi connectivity index (χ2n) is 5.67. The molecule has 2 aromatic rings. The van der Waals surface area contributed by atoms with Gasteiger partial charge in [0.15, 0.2) is 5.69 Å². The third-order valence-electron chi connectivity index (χ3n) is 3.89. The fourth-order valence-corrected chi connectivity index (χ4v) is 2.49. The number of aromatic amines is 1. The van der Waals surface area contributed by atoms with Crippen LogP contribution in [0.25, 0.3) is 0 Å². The van der Waals surface area contributed by atoms with Crippen molar-refractivity contribution in [2.24, 2.45) is 0 Å². The van der Waals surface area contributed by atoms with Crippen molar-refractivity contribution in [1.82, 2.24) is 9.55 Å². The van der Waals surface area contributed by atoms with Crippen molar-refractivity contribution in [2.45, 2.75) is 26.3 Å². The molecule has 0 aliphatic rings. The molecule has 3 N–H and O–H groups in total. The maximum atomic E-state index is 12.6. The van der Waals surface area contributed by atoms with Crippen molar-refractivity contribution in [3.8, 4) is 0 Å². The molecule has 0 aliphatic heterocycles. The lowest BCUT2D eigenvalue weighted by Gasteiger charge is -2.20. The predicted octanol–water partition coefficient (Wildman–Crippen LogP) is 1.10. The maximum absolute atomic E-state index is 12.6. The number of carbonyl (C=O) groups is 1. The number of nitrogens with two attached hydrogens (primary N) is 1. The third kappa shape index (κ3) is 3.63. The van der Waals surface area contributed by atoms with Crippen LogP contribution in [0.15, 0.2) is 33.9 Å². The number of non-ortho nitro benzene ring substituents is 1. The third-order valence-corrected chi connectivity index (χ3v) is 3.89. The summed E-state index contributed by atoms with van der Waals surface area (Å²) in [6.07, 6.45) is 1.47. The van der Waals surface area contributed by atoms with Gasteiger partial charge in [-0.25, -0.2) is 4.79 Å². The molecule has 0 saturated heterocycles. The molecule has 10 heteroatoms. The summed E-state index contributed by atoms with van der Waals surface area (Å²) < 4.78 is 1.19. The first kappa shape index (κ1) is 18.9. The summed E-state index contributed by atoms with van der Waals surface area (Å²) in [4.78, 5) is 50.2. The van der Waals surface area contributed by atoms with E-state index in [2.05, 4.69) is 4.98 Å². The Hall–Kier alpha value is -3.43. The minimum Gasteiger partial charge on any atom is -0.383 e. The number of unbranched alkanes of at least 4 members (excludes halogenated alkanes) is 1. The molecule has 2 rings (SSSR count). The first-order valence-electron chi connectivity index (χ1n) is 7.93. The maximum Gasteiger partial charge on any atom is 0.330 e. The second kappa shape index (κ2) is 7.64. The Morgan fingerprint density at radius 3 is 2.69 bits per heavy atom. The van der Waals surface area contributed by atoms with Crippen LogP contribution in [0.5, 0.6) is 0 Å². The van der Waals surface area contributed by atoms with Crippen LogP contribution in [-0.4, -0.2) is 27.4 Å². The van der Waals surface area contributed by atoms with Crippen molar-refractivity contribution >= 4 is 23.1 Å². The molecule has 1 aromatic heterocycles. The number of rotatable bonds is 6. The number of nitrogens with one attached hydrogen (secondary N) is 1. The highest BCUT2D eigenvalue weighted by Gasteiger charge is 2.23. The molecule has 10 nitrogen and oxygen atoms in total. The van der Waals surface area contributed by atoms with Gasteiger partial charge in [0.2, 0.25) is 0 Å². The summed E-state index contributed by atoms with van der Waals surface area (Å²) in [5.41, 5.74) is 4.09. The van der Waals surface area contributed by atoms with Gasteiger partial charge in [-0.05, 0) is 12.5 Å². The van der Waals surface area contributed by atoms with Crippen LogP contribution in [-0.2, 0) is 6.54 Å². The van der Waals surface area contributed by atoms with Gasteiger partial charge in [-0.2, -0.15) is 0 Å². The number of nitrogen functional groups attached to an aromatic ring is 1. The molecule has 138 valence electrons. The summed E-state index contributed by atoms with van der Waals surface area (Å²) in [6.45, 7) is 2.23. The molecule has 0 bridgehead atoms. The van der Waals surface area contributed by atoms with Crippen LogP contribution in [0.3, 0.4) is 0 Å². The lowest BCUT2D eigenvalue weighted by Crippen LogP contribution is -2.39. The SMILES string of the molecule is CCCCn1c(N)c(N(C)C(=O)c2cccc([N+](=O)[O-])c2)c(=O)[nH]c1=O. The summed E-state index contributed by atoms with van der Waals surface area (Å²) in [6, 6.07) is 5.12. The van der Waals surface area contributed by atoms with Crippen molar-refractivity contribution in [2.75, 3.05) is 17.7 Å². The first-order valence-corrected chi connectivity index (χ1v) is 7.93. The molecule has 1 amide bonds. The summed E-state index contributed by atoms with van der Waals surface area (Å²) in [5.74, 6) is -0.792. The van der Waals surface area contributed by atoms with Crippen LogP contribution < -0.4 is 21.9 Å². The predicted molar refractivity (Wildman–Crippen MR) is 96.5 cm³/mol. The van der Waals surface area contributed by atoms with E-state index in [1.54, 1.807) is 0 Å². The standard InChI is InChI=1S/C16H19N5O5/c1-3-4-8-20-13(17)12(14(22)18-16(20)24)19(2)15(23)10-6-5-7-11(9-10)21(25)26/h5-7,9H,3-4,8,17H2,1-2H3,(H,18,22,24). The largest absolute Gasteiger partial charge is 0.383 e. The molecular weight excluding hydrogens is 342 g/mol. The van der Waals surface area contributed by atoms with Gasteiger partial charge in [0.05, 0.1) is 4.92 Å². The van der Waals surface area contributed by atoms with Gasteiger partial charge >= 0.3 is 5.69 Å². The average Bonchev–Trinajstić information content (AvgIpc) is 2.60. The van der Waals surface area contributed by atoms with Crippen molar-refractivity contribution in [3.05, 3.63) is 60.8 Å². The van der Waals surface area contributed by atoms with Gasteiger partial charge < -0.3 is 10.6 Å². The molecule has 1 heterocycles. The highest BCUT2D eigenvalue weighted by atomic mass is 16.6. The lowest BCUT2D eigenvalue weighted by atomic mass is 10.1. The zero-order valence-electron chi connectivity index (χ0n) is 14.4. The Kier molecular flexibility index (Phi) is 5.55. The Balaban J connectivity index is 2.49. The topological polar surface area (TPSA) is 144 Å². The van der Waals surface area contributed by atoms with E-state index < -0.39 is 22.1 Å². The Labute approximate surface area is 148 Å². The minimum atomic E-state index is -0.804. The number of hydrogen-bond acceptors (Lipinski definition) is 6. The Bertz CT molecular complexity index is 962. The molecule has 0 spiro atoms. The van der Waals surface area contributed by atoms with Gasteiger partial charge in [-0.3, -0.25) is 29.3 Å². The highest BCUT2D eigenvalue weighted by Crippen LogP contribution is 2.20. The van der Waals surface area contributed by atoms with Crippen molar-refractivity contribution < 1.29 is 9.72 Å². The number of benzene rings is 1. The van der Waals surface area contributed by atoms with E-state index in [0.717, 1.165) is 17.4 Å². The van der Waals surface area contributed by atoms with Crippen LogP contribution >= 0.6 is 0 Å². The average molecular weight is 361 g/mol. The molecule has 1 aromatic carbocycles. The van der Waals surface area contributed by atoms with E-state index in [4.69, 9.17) is 5.73 Å².